The van der Waals surface area contributed by atoms with Crippen LogP contribution >= 0.6 is 51.5 Å². The summed E-state index contributed by atoms with van der Waals surface area (Å²) in [5.41, 5.74) is 2.53. The zero-order valence-corrected chi connectivity index (χ0v) is 22.6. The van der Waals surface area contributed by atoms with Gasteiger partial charge in [0.15, 0.2) is 5.69 Å². The van der Waals surface area contributed by atoms with Crippen molar-refractivity contribution < 1.29 is 9.53 Å². The van der Waals surface area contributed by atoms with Crippen LogP contribution in [-0.2, 0) is 5.60 Å². The highest BCUT2D eigenvalue weighted by Crippen LogP contribution is 2.46. The number of hydrazine groups is 1. The number of aromatic amines is 1. The summed E-state index contributed by atoms with van der Waals surface area (Å²) in [6, 6.07) is 11.0. The summed E-state index contributed by atoms with van der Waals surface area (Å²) in [4.78, 5) is 14.1. The van der Waals surface area contributed by atoms with Crippen molar-refractivity contribution in [2.45, 2.75) is 38.7 Å². The molecule has 0 spiro atoms. The highest BCUT2D eigenvalue weighted by atomic mass is 79.9. The van der Waals surface area contributed by atoms with Crippen molar-refractivity contribution in [2.24, 2.45) is 0 Å². The van der Waals surface area contributed by atoms with E-state index in [9.17, 15) is 4.79 Å². The Labute approximate surface area is 223 Å². The molecule has 0 aliphatic carbocycles. The minimum absolute atomic E-state index is 0. The number of halogens is 4. The molecule has 0 unspecified atom stereocenters. The van der Waals surface area contributed by atoms with Crippen molar-refractivity contribution in [2.75, 3.05) is 18.1 Å². The number of carbonyl (C=O) groups is 1. The highest BCUT2D eigenvalue weighted by molar-refractivity contribution is 9.10. The molecule has 2 aromatic carbocycles. The lowest BCUT2D eigenvalue weighted by atomic mass is 9.89. The predicted octanol–water partition coefficient (Wildman–Crippen LogP) is 7.24. The summed E-state index contributed by atoms with van der Waals surface area (Å²) in [6.07, 6.45) is 3.15. The Morgan fingerprint density at radius 2 is 1.88 bits per heavy atom. The largest absolute Gasteiger partial charge is 0.482 e. The minimum atomic E-state index is -0.765. The number of hydrogen-bond acceptors (Lipinski definition) is 4. The zero-order chi connectivity index (χ0) is 23.3. The second-order valence-electron chi connectivity index (χ2n) is 8.80. The summed E-state index contributed by atoms with van der Waals surface area (Å²) < 4.78 is 7.25. The van der Waals surface area contributed by atoms with E-state index < -0.39 is 5.60 Å². The van der Waals surface area contributed by atoms with Crippen molar-refractivity contribution in [3.63, 3.8) is 0 Å². The molecule has 6 nitrogen and oxygen atoms in total. The lowest BCUT2D eigenvalue weighted by Gasteiger charge is -2.38. The molecule has 1 aromatic heterocycles. The first-order chi connectivity index (χ1) is 15.8. The maximum atomic E-state index is 14.1. The maximum absolute atomic E-state index is 14.1. The van der Waals surface area contributed by atoms with E-state index in [1.165, 1.54) is 0 Å². The number of H-pyrrole nitrogens is 1. The van der Waals surface area contributed by atoms with Crippen LogP contribution in [0.25, 0.3) is 11.3 Å². The van der Waals surface area contributed by atoms with Crippen LogP contribution in [0.15, 0.2) is 40.9 Å². The van der Waals surface area contributed by atoms with Gasteiger partial charge in [-0.2, -0.15) is 5.10 Å². The molecule has 180 valence electrons. The topological polar surface area (TPSA) is 61.5 Å². The van der Waals surface area contributed by atoms with Crippen LogP contribution in [0, 0.1) is 0 Å². The Hall–Kier alpha value is -1.77. The third kappa shape index (κ3) is 4.44. The van der Waals surface area contributed by atoms with Gasteiger partial charge in [-0.1, -0.05) is 45.6 Å². The molecule has 10 heteroatoms. The van der Waals surface area contributed by atoms with Gasteiger partial charge in [-0.05, 0) is 63.1 Å². The van der Waals surface area contributed by atoms with Gasteiger partial charge in [0, 0.05) is 28.1 Å². The lowest BCUT2D eigenvalue weighted by Crippen LogP contribution is -2.50. The molecule has 0 atom stereocenters. The number of nitrogens with one attached hydrogen (secondary N) is 1. The molecule has 2 aliphatic rings. The third-order valence-corrected chi connectivity index (χ3v) is 7.13. The minimum Gasteiger partial charge on any atom is -0.482 e. The number of fused-ring (bicyclic) bond motifs is 3. The van der Waals surface area contributed by atoms with E-state index in [1.54, 1.807) is 23.2 Å². The zero-order valence-electron chi connectivity index (χ0n) is 18.7. The van der Waals surface area contributed by atoms with Crippen LogP contribution < -0.4 is 9.75 Å². The van der Waals surface area contributed by atoms with E-state index in [1.807, 2.05) is 37.1 Å². The van der Waals surface area contributed by atoms with Crippen LogP contribution in [0.3, 0.4) is 0 Å². The Balaban J connectivity index is 0.00000274. The first kappa shape index (κ1) is 25.3. The van der Waals surface area contributed by atoms with Gasteiger partial charge in [-0.3, -0.25) is 9.89 Å². The van der Waals surface area contributed by atoms with Crippen molar-refractivity contribution in [1.82, 2.24) is 15.2 Å². The number of benzene rings is 2. The van der Waals surface area contributed by atoms with Gasteiger partial charge in [0.25, 0.3) is 5.91 Å². The highest BCUT2D eigenvalue weighted by Gasteiger charge is 2.41. The molecular formula is C24H24BrCl3N4O2. The molecule has 2 aliphatic heterocycles. The molecule has 34 heavy (non-hydrogen) atoms. The molecule has 3 heterocycles. The van der Waals surface area contributed by atoms with Crippen molar-refractivity contribution >= 4 is 63.1 Å². The average Bonchev–Trinajstić information content (AvgIpc) is 3.22. The van der Waals surface area contributed by atoms with E-state index in [-0.39, 0.29) is 18.3 Å². The number of hydrogen-bond donors (Lipinski definition) is 1. The van der Waals surface area contributed by atoms with Gasteiger partial charge in [0.05, 0.1) is 22.0 Å². The van der Waals surface area contributed by atoms with Gasteiger partial charge in [0.1, 0.15) is 11.4 Å². The number of piperidine rings is 1. The second-order valence-corrected chi connectivity index (χ2v) is 10.6. The summed E-state index contributed by atoms with van der Waals surface area (Å²) in [7, 11) is 0. The predicted molar refractivity (Wildman–Crippen MR) is 141 cm³/mol. The van der Waals surface area contributed by atoms with Crippen molar-refractivity contribution in [1.29, 1.82) is 0 Å². The third-order valence-electron chi connectivity index (χ3n) is 6.09. The summed E-state index contributed by atoms with van der Waals surface area (Å²) in [6.45, 7) is 5.41. The number of anilines is 1. The summed E-state index contributed by atoms with van der Waals surface area (Å²) >= 11 is 16.2. The van der Waals surface area contributed by atoms with Crippen molar-refractivity contribution in [3.8, 4) is 17.0 Å². The number of carbonyl (C=O) groups excluding carboxylic acids is 1. The fourth-order valence-corrected chi connectivity index (χ4v) is 5.44. The van der Waals surface area contributed by atoms with Gasteiger partial charge >= 0.3 is 0 Å². The normalized spacial score (nSPS) is 16.6. The molecule has 1 amide bonds. The van der Waals surface area contributed by atoms with Crippen LogP contribution in [-0.4, -0.2) is 34.2 Å². The summed E-state index contributed by atoms with van der Waals surface area (Å²) in [5, 5.41) is 12.2. The number of amides is 1. The molecule has 1 saturated heterocycles. The van der Waals surface area contributed by atoms with Crippen LogP contribution in [0.1, 0.15) is 49.2 Å². The smallest absolute Gasteiger partial charge is 0.293 e. The number of nitrogens with zero attached hydrogens (tertiary/aromatic N) is 3. The molecule has 1 fully saturated rings. The molecule has 5 rings (SSSR count). The van der Waals surface area contributed by atoms with E-state index in [0.717, 1.165) is 59.4 Å². The summed E-state index contributed by atoms with van der Waals surface area (Å²) in [5.74, 6) is 0.481. The fraction of sp³-hybridized carbons (Fsp3) is 0.333. The van der Waals surface area contributed by atoms with E-state index in [2.05, 4.69) is 26.1 Å². The monoisotopic (exact) mass is 584 g/mol. The van der Waals surface area contributed by atoms with E-state index >= 15 is 0 Å². The molecular weight excluding hydrogens is 563 g/mol. The van der Waals surface area contributed by atoms with Gasteiger partial charge in [0.2, 0.25) is 0 Å². The van der Waals surface area contributed by atoms with Crippen LogP contribution in [0.5, 0.6) is 5.75 Å². The van der Waals surface area contributed by atoms with Gasteiger partial charge < -0.3 is 4.74 Å². The Morgan fingerprint density at radius 1 is 1.15 bits per heavy atom. The van der Waals surface area contributed by atoms with Crippen LogP contribution in [0.2, 0.25) is 10.0 Å². The Kier molecular flexibility index (Phi) is 7.23. The van der Waals surface area contributed by atoms with Gasteiger partial charge in [-0.15, -0.1) is 12.4 Å². The molecule has 3 aromatic rings. The molecule has 0 radical (unpaired) electrons. The first-order valence-corrected chi connectivity index (χ1v) is 12.4. The Morgan fingerprint density at radius 3 is 2.59 bits per heavy atom. The molecule has 1 N–H and O–H groups in total. The number of rotatable bonds is 3. The Bertz CT molecular complexity index is 1240. The fourth-order valence-electron chi connectivity index (χ4n) is 4.61. The molecule has 0 bridgehead atoms. The molecule has 0 saturated carbocycles. The number of aromatic nitrogens is 2. The average molecular weight is 587 g/mol. The second kappa shape index (κ2) is 9.70. The van der Waals surface area contributed by atoms with E-state index in [4.69, 9.17) is 27.9 Å². The van der Waals surface area contributed by atoms with Crippen LogP contribution in [0.4, 0.5) is 5.69 Å². The SMILES string of the molecule is CC1(C)Oc2cc(Br)ccc2-c2[nH]nc(C(=O)N(c3ccc(Cl)cc3Cl)N3CCCCC3)c21.Cl. The lowest BCUT2D eigenvalue weighted by molar-refractivity contribution is 0.0833. The maximum Gasteiger partial charge on any atom is 0.293 e. The van der Waals surface area contributed by atoms with E-state index in [0.29, 0.717) is 21.4 Å². The van der Waals surface area contributed by atoms with Gasteiger partial charge in [-0.25, -0.2) is 10.0 Å². The van der Waals surface area contributed by atoms with Crippen molar-refractivity contribution in [3.05, 3.63) is 62.2 Å². The standard InChI is InChI=1S/C24H23BrCl2N4O2.ClH/c1-24(2)20-21(16-8-6-14(25)12-19(16)33-24)28-29-22(20)23(32)31(30-10-4-3-5-11-30)18-9-7-15(26)13-17(18)27;/h6-9,12-13H,3-5,10-11H2,1-2H3,(H,28,29);1H. The quantitative estimate of drug-likeness (QED) is 0.351. The number of ether oxygens (including phenoxy) is 1. The first-order valence-electron chi connectivity index (χ1n) is 10.9.